The predicted octanol–water partition coefficient (Wildman–Crippen LogP) is 1.75. The number of hydrogen-bond donors (Lipinski definition) is 3. The predicted molar refractivity (Wildman–Crippen MR) is 70.4 cm³/mol. The lowest BCUT2D eigenvalue weighted by Gasteiger charge is -2.08. The van der Waals surface area contributed by atoms with Crippen molar-refractivity contribution in [1.29, 1.82) is 0 Å². The quantitative estimate of drug-likeness (QED) is 0.760. The zero-order valence-electron chi connectivity index (χ0n) is 10.9. The first-order valence-electron chi connectivity index (χ1n) is 6.54. The standard InChI is InChI=1S/C14H19FN2O2/c1-9(18)6-7-16-14(19)17-13-8-11(13)10-4-2-3-5-12(10)15/h2-5,9,11,13,18H,6-8H2,1H3,(H2,16,17,19). The molecule has 3 unspecified atom stereocenters. The molecule has 1 aromatic rings. The number of rotatable bonds is 5. The van der Waals surface area contributed by atoms with Crippen LogP contribution in [0.25, 0.3) is 0 Å². The van der Waals surface area contributed by atoms with Crippen molar-refractivity contribution in [3.8, 4) is 0 Å². The maximum Gasteiger partial charge on any atom is 0.315 e. The topological polar surface area (TPSA) is 61.4 Å². The van der Waals surface area contributed by atoms with Gasteiger partial charge in [-0.25, -0.2) is 9.18 Å². The maximum absolute atomic E-state index is 13.5. The summed E-state index contributed by atoms with van der Waals surface area (Å²) in [5.74, 6) is -0.143. The molecule has 3 N–H and O–H groups in total. The number of halogens is 1. The van der Waals surface area contributed by atoms with Crippen LogP contribution in [-0.4, -0.2) is 29.8 Å². The molecule has 0 aromatic heterocycles. The summed E-state index contributed by atoms with van der Waals surface area (Å²) >= 11 is 0. The molecular weight excluding hydrogens is 247 g/mol. The van der Waals surface area contributed by atoms with Crippen molar-refractivity contribution in [2.75, 3.05) is 6.54 Å². The highest BCUT2D eigenvalue weighted by molar-refractivity contribution is 5.74. The Kier molecular flexibility index (Phi) is 4.37. The van der Waals surface area contributed by atoms with Gasteiger partial charge < -0.3 is 15.7 Å². The van der Waals surface area contributed by atoms with Gasteiger partial charge in [-0.3, -0.25) is 0 Å². The van der Waals surface area contributed by atoms with Crippen molar-refractivity contribution in [2.45, 2.75) is 37.8 Å². The third-order valence-electron chi connectivity index (χ3n) is 3.26. The maximum atomic E-state index is 13.5. The SMILES string of the molecule is CC(O)CCNC(=O)NC1CC1c1ccccc1F. The normalized spacial score (nSPS) is 22.7. The molecule has 5 heteroatoms. The number of urea groups is 1. The number of benzene rings is 1. The summed E-state index contributed by atoms with van der Waals surface area (Å²) in [5.41, 5.74) is 0.664. The van der Waals surface area contributed by atoms with Gasteiger partial charge in [0.1, 0.15) is 5.82 Å². The molecule has 1 aliphatic carbocycles. The second-order valence-electron chi connectivity index (χ2n) is 5.01. The largest absolute Gasteiger partial charge is 0.393 e. The minimum atomic E-state index is -0.424. The Bertz CT molecular complexity index is 451. The number of carbonyl (C=O) groups is 1. The van der Waals surface area contributed by atoms with Gasteiger partial charge in [0.05, 0.1) is 6.10 Å². The van der Waals surface area contributed by atoms with E-state index in [9.17, 15) is 9.18 Å². The summed E-state index contributed by atoms with van der Waals surface area (Å²) in [4.78, 5) is 11.5. The van der Waals surface area contributed by atoms with Crippen LogP contribution in [0.15, 0.2) is 24.3 Å². The summed E-state index contributed by atoms with van der Waals surface area (Å²) in [6.07, 6.45) is 0.868. The highest BCUT2D eigenvalue weighted by Gasteiger charge is 2.40. The molecule has 0 saturated heterocycles. The Hall–Kier alpha value is -1.62. The molecule has 4 nitrogen and oxygen atoms in total. The second-order valence-corrected chi connectivity index (χ2v) is 5.01. The number of hydrogen-bond acceptors (Lipinski definition) is 2. The second kappa shape index (κ2) is 6.02. The lowest BCUT2D eigenvalue weighted by molar-refractivity contribution is 0.183. The summed E-state index contributed by atoms with van der Waals surface area (Å²) < 4.78 is 13.5. The van der Waals surface area contributed by atoms with Crippen molar-refractivity contribution in [2.24, 2.45) is 0 Å². The molecule has 1 fully saturated rings. The molecular formula is C14H19FN2O2. The zero-order valence-corrected chi connectivity index (χ0v) is 10.9. The van der Waals surface area contributed by atoms with E-state index in [1.165, 1.54) is 6.07 Å². The summed E-state index contributed by atoms with van der Waals surface area (Å²) in [6, 6.07) is 6.40. The van der Waals surface area contributed by atoms with Gasteiger partial charge in [0.25, 0.3) is 0 Å². The van der Waals surface area contributed by atoms with Crippen LogP contribution in [0.5, 0.6) is 0 Å². The van der Waals surface area contributed by atoms with Gasteiger partial charge in [0.15, 0.2) is 0 Å². The number of nitrogens with one attached hydrogen (secondary N) is 2. The van der Waals surface area contributed by atoms with Crippen LogP contribution in [0.1, 0.15) is 31.2 Å². The van der Waals surface area contributed by atoms with Crippen LogP contribution in [0, 0.1) is 5.82 Å². The Morgan fingerprint density at radius 2 is 2.26 bits per heavy atom. The Morgan fingerprint density at radius 3 is 2.95 bits per heavy atom. The molecule has 0 aliphatic heterocycles. The fraction of sp³-hybridized carbons (Fsp3) is 0.500. The first kappa shape index (κ1) is 13.8. The van der Waals surface area contributed by atoms with Crippen molar-refractivity contribution >= 4 is 6.03 Å². The molecule has 104 valence electrons. The summed E-state index contributed by atoms with van der Waals surface area (Å²) in [7, 11) is 0. The van der Waals surface area contributed by atoms with Crippen LogP contribution in [-0.2, 0) is 0 Å². The molecule has 0 bridgehead atoms. The molecule has 1 saturated carbocycles. The van der Waals surface area contributed by atoms with Gasteiger partial charge in [-0.1, -0.05) is 18.2 Å². The lowest BCUT2D eigenvalue weighted by Crippen LogP contribution is -2.38. The van der Waals surface area contributed by atoms with Crippen molar-refractivity contribution in [1.82, 2.24) is 10.6 Å². The van der Waals surface area contributed by atoms with Crippen molar-refractivity contribution < 1.29 is 14.3 Å². The fourth-order valence-corrected chi connectivity index (χ4v) is 2.09. The molecule has 2 rings (SSSR count). The zero-order chi connectivity index (χ0) is 13.8. The van der Waals surface area contributed by atoms with E-state index in [0.29, 0.717) is 18.5 Å². The van der Waals surface area contributed by atoms with E-state index in [4.69, 9.17) is 5.11 Å². The Balaban J connectivity index is 1.75. The highest BCUT2D eigenvalue weighted by atomic mass is 19.1. The van der Waals surface area contributed by atoms with Crippen molar-refractivity contribution in [3.05, 3.63) is 35.6 Å². The summed E-state index contributed by atoms with van der Waals surface area (Å²) in [6.45, 7) is 2.11. The fourth-order valence-electron chi connectivity index (χ4n) is 2.09. The van der Waals surface area contributed by atoms with E-state index in [-0.39, 0.29) is 23.8 Å². The van der Waals surface area contributed by atoms with Gasteiger partial charge >= 0.3 is 6.03 Å². The monoisotopic (exact) mass is 266 g/mol. The molecule has 19 heavy (non-hydrogen) atoms. The summed E-state index contributed by atoms with van der Waals surface area (Å²) in [5, 5.41) is 14.5. The number of aliphatic hydroxyl groups excluding tert-OH is 1. The first-order chi connectivity index (χ1) is 9.08. The van der Waals surface area contributed by atoms with E-state index in [2.05, 4.69) is 10.6 Å². The van der Waals surface area contributed by atoms with E-state index in [1.54, 1.807) is 25.1 Å². The molecule has 1 aromatic carbocycles. The first-order valence-corrected chi connectivity index (χ1v) is 6.54. The third kappa shape index (κ3) is 3.92. The van der Waals surface area contributed by atoms with Gasteiger partial charge in [0, 0.05) is 18.5 Å². The van der Waals surface area contributed by atoms with Crippen molar-refractivity contribution in [3.63, 3.8) is 0 Å². The van der Waals surface area contributed by atoms with Gasteiger partial charge in [-0.05, 0) is 31.4 Å². The van der Waals surface area contributed by atoms with Gasteiger partial charge in [-0.15, -0.1) is 0 Å². The average Bonchev–Trinajstić information content (AvgIpc) is 3.08. The Morgan fingerprint density at radius 1 is 1.53 bits per heavy atom. The number of aliphatic hydroxyl groups is 1. The molecule has 3 atom stereocenters. The van der Waals surface area contributed by atoms with Gasteiger partial charge in [-0.2, -0.15) is 0 Å². The van der Waals surface area contributed by atoms with E-state index < -0.39 is 6.10 Å². The van der Waals surface area contributed by atoms with Crippen LogP contribution in [0.2, 0.25) is 0 Å². The Labute approximate surface area is 112 Å². The molecule has 0 radical (unpaired) electrons. The van der Waals surface area contributed by atoms with Crippen LogP contribution in [0.4, 0.5) is 9.18 Å². The minimum absolute atomic E-state index is 0.00319. The third-order valence-corrected chi connectivity index (χ3v) is 3.26. The molecule has 2 amide bonds. The van der Waals surface area contributed by atoms with Crippen LogP contribution in [0.3, 0.4) is 0 Å². The average molecular weight is 266 g/mol. The molecule has 0 spiro atoms. The van der Waals surface area contributed by atoms with E-state index >= 15 is 0 Å². The number of carbonyl (C=O) groups excluding carboxylic acids is 1. The van der Waals surface area contributed by atoms with E-state index in [1.807, 2.05) is 0 Å². The van der Waals surface area contributed by atoms with E-state index in [0.717, 1.165) is 6.42 Å². The minimum Gasteiger partial charge on any atom is -0.393 e. The molecule has 0 heterocycles. The highest BCUT2D eigenvalue weighted by Crippen LogP contribution is 2.41. The van der Waals surface area contributed by atoms with Gasteiger partial charge in [0.2, 0.25) is 0 Å². The van der Waals surface area contributed by atoms with Crippen LogP contribution < -0.4 is 10.6 Å². The smallest absolute Gasteiger partial charge is 0.315 e. The molecule has 1 aliphatic rings. The lowest BCUT2D eigenvalue weighted by atomic mass is 10.1. The number of amides is 2. The van der Waals surface area contributed by atoms with Crippen LogP contribution >= 0.6 is 0 Å².